The number of nitrogens with zero attached hydrogens (tertiary/aromatic N) is 2. The van der Waals surface area contributed by atoms with Crippen LogP contribution >= 0.6 is 11.6 Å². The van der Waals surface area contributed by atoms with Gasteiger partial charge in [-0.2, -0.15) is 0 Å². The van der Waals surface area contributed by atoms with Crippen LogP contribution in [0.3, 0.4) is 0 Å². The minimum Gasteiger partial charge on any atom is -0.361 e. The van der Waals surface area contributed by atoms with E-state index in [2.05, 4.69) is 42.3 Å². The van der Waals surface area contributed by atoms with Crippen molar-refractivity contribution in [3.8, 4) is 0 Å². The Bertz CT molecular complexity index is 1220. The summed E-state index contributed by atoms with van der Waals surface area (Å²) in [6.45, 7) is 5.56. The highest BCUT2D eigenvalue weighted by Gasteiger charge is 2.37. The van der Waals surface area contributed by atoms with E-state index in [-0.39, 0.29) is 23.7 Å². The van der Waals surface area contributed by atoms with Crippen molar-refractivity contribution in [2.24, 2.45) is 5.92 Å². The highest BCUT2D eigenvalue weighted by Crippen LogP contribution is 2.35. The van der Waals surface area contributed by atoms with Gasteiger partial charge in [0.05, 0.1) is 0 Å². The molecule has 36 heavy (non-hydrogen) atoms. The smallest absolute Gasteiger partial charge is 0.250 e. The number of hydrogen-bond acceptors (Lipinski definition) is 3. The van der Waals surface area contributed by atoms with Crippen molar-refractivity contribution in [2.75, 3.05) is 32.1 Å². The van der Waals surface area contributed by atoms with Crippen LogP contribution in [0.1, 0.15) is 50.2 Å². The van der Waals surface area contributed by atoms with Crippen LogP contribution in [0, 0.1) is 5.92 Å². The van der Waals surface area contributed by atoms with Gasteiger partial charge in [0.25, 0.3) is 0 Å². The number of aromatic nitrogens is 1. The van der Waals surface area contributed by atoms with Gasteiger partial charge in [-0.25, -0.2) is 0 Å². The van der Waals surface area contributed by atoms with Crippen molar-refractivity contribution in [3.05, 3.63) is 64.8 Å². The number of amides is 2. The molecule has 7 heteroatoms. The third kappa shape index (κ3) is 5.76. The van der Waals surface area contributed by atoms with Gasteiger partial charge in [0, 0.05) is 53.2 Å². The zero-order valence-corrected chi connectivity index (χ0v) is 22.4. The van der Waals surface area contributed by atoms with Gasteiger partial charge in [-0.05, 0) is 68.2 Å². The van der Waals surface area contributed by atoms with Crippen molar-refractivity contribution in [1.82, 2.24) is 15.2 Å². The molecule has 0 bridgehead atoms. The average Bonchev–Trinajstić information content (AvgIpc) is 3.28. The lowest BCUT2D eigenvalue weighted by Crippen LogP contribution is -2.54. The van der Waals surface area contributed by atoms with Crippen molar-refractivity contribution in [2.45, 2.75) is 51.5 Å². The Balaban J connectivity index is 1.71. The van der Waals surface area contributed by atoms with Crippen molar-refractivity contribution in [1.29, 1.82) is 0 Å². The number of hydrogen-bond donors (Lipinski definition) is 2. The number of carbonyl (C=O) groups is 2. The lowest BCUT2D eigenvalue weighted by Gasteiger charge is -2.38. The molecule has 0 spiro atoms. The predicted octanol–water partition coefficient (Wildman–Crippen LogP) is 5.37. The second kappa shape index (κ2) is 11.5. The highest BCUT2D eigenvalue weighted by atomic mass is 35.5. The Morgan fingerprint density at radius 1 is 1.22 bits per heavy atom. The van der Waals surface area contributed by atoms with Crippen molar-refractivity contribution in [3.63, 3.8) is 0 Å². The number of benzene rings is 2. The second-order valence-electron chi connectivity index (χ2n) is 10.3. The first-order valence-electron chi connectivity index (χ1n) is 12.9. The van der Waals surface area contributed by atoms with E-state index >= 15 is 0 Å². The molecule has 0 fully saturated rings. The van der Waals surface area contributed by atoms with Crippen LogP contribution in [0.5, 0.6) is 0 Å². The maximum absolute atomic E-state index is 14.3. The van der Waals surface area contributed by atoms with Gasteiger partial charge < -0.3 is 20.1 Å². The first kappa shape index (κ1) is 26.2. The van der Waals surface area contributed by atoms with Crippen molar-refractivity contribution < 1.29 is 9.59 Å². The minimum atomic E-state index is -0.685. The van der Waals surface area contributed by atoms with Crippen molar-refractivity contribution >= 4 is 40.0 Å². The number of anilines is 1. The molecule has 2 aromatic carbocycles. The number of aromatic amines is 1. The zero-order chi connectivity index (χ0) is 25.8. The standard InChI is InChI=1S/C29H37ClN4O2/c1-5-6-11-27(35)32-28(19(2)24-16-31-25-10-8-7-9-23(24)25)29(36)34-18-20(17-33(3)4)14-21-15-22(30)12-13-26(21)34/h7-10,12-13,15-16,19-20,28,31H,5-6,11,14,17-18H2,1-4H3,(H,32,35)/t19?,20-,28?/m1/s1. The molecule has 0 aliphatic carbocycles. The number of fused-ring (bicyclic) bond motifs is 2. The maximum atomic E-state index is 14.3. The predicted molar refractivity (Wildman–Crippen MR) is 148 cm³/mol. The third-order valence-corrected chi connectivity index (χ3v) is 7.36. The van der Waals surface area contributed by atoms with E-state index in [1.807, 2.05) is 54.4 Å². The lowest BCUT2D eigenvalue weighted by atomic mass is 9.88. The fraction of sp³-hybridized carbons (Fsp3) is 0.448. The number of H-pyrrole nitrogens is 1. The molecular formula is C29H37ClN4O2. The van der Waals surface area contributed by atoms with Gasteiger partial charge >= 0.3 is 0 Å². The summed E-state index contributed by atoms with van der Waals surface area (Å²) in [5, 5.41) is 4.86. The molecule has 2 heterocycles. The SMILES string of the molecule is CCCCC(=O)NC(C(=O)N1C[C@@H](CN(C)C)Cc2cc(Cl)ccc21)C(C)c1c[nH]c2ccccc12. The molecule has 1 aromatic heterocycles. The van der Waals surface area contributed by atoms with Gasteiger partial charge in [-0.15, -0.1) is 0 Å². The first-order valence-corrected chi connectivity index (χ1v) is 13.3. The van der Waals surface area contributed by atoms with E-state index in [1.54, 1.807) is 0 Å². The van der Waals surface area contributed by atoms with Gasteiger partial charge in [0.15, 0.2) is 0 Å². The molecule has 2 unspecified atom stereocenters. The van der Waals surface area contributed by atoms with Gasteiger partial charge in [-0.1, -0.05) is 50.1 Å². The molecule has 4 rings (SSSR count). The van der Waals surface area contributed by atoms with E-state index in [0.717, 1.165) is 53.5 Å². The average molecular weight is 509 g/mol. The van der Waals surface area contributed by atoms with E-state index < -0.39 is 6.04 Å². The molecule has 1 aliphatic rings. The van der Waals surface area contributed by atoms with Crippen LogP contribution in [0.2, 0.25) is 5.02 Å². The summed E-state index contributed by atoms with van der Waals surface area (Å²) in [6.07, 6.45) is 4.97. The van der Waals surface area contributed by atoms with Gasteiger partial charge in [-0.3, -0.25) is 9.59 Å². The van der Waals surface area contributed by atoms with E-state index in [9.17, 15) is 9.59 Å². The molecule has 0 radical (unpaired) electrons. The summed E-state index contributed by atoms with van der Waals surface area (Å²) < 4.78 is 0. The molecule has 2 N–H and O–H groups in total. The van der Waals surface area contributed by atoms with E-state index in [4.69, 9.17) is 11.6 Å². The number of rotatable bonds is 9. The normalized spacial score (nSPS) is 17.2. The lowest BCUT2D eigenvalue weighted by molar-refractivity contribution is -0.128. The molecule has 6 nitrogen and oxygen atoms in total. The van der Waals surface area contributed by atoms with E-state index in [1.165, 1.54) is 0 Å². The summed E-state index contributed by atoms with van der Waals surface area (Å²) >= 11 is 6.34. The van der Waals surface area contributed by atoms with Gasteiger partial charge in [0.1, 0.15) is 6.04 Å². The summed E-state index contributed by atoms with van der Waals surface area (Å²) in [5.41, 5.74) is 4.01. The molecule has 192 valence electrons. The zero-order valence-electron chi connectivity index (χ0n) is 21.7. The maximum Gasteiger partial charge on any atom is 0.250 e. The topological polar surface area (TPSA) is 68.4 Å². The molecule has 1 aliphatic heterocycles. The molecule has 3 aromatic rings. The quantitative estimate of drug-likeness (QED) is 0.408. The van der Waals surface area contributed by atoms with Gasteiger partial charge in [0.2, 0.25) is 11.8 Å². The number of halogens is 1. The summed E-state index contributed by atoms with van der Waals surface area (Å²) in [7, 11) is 4.10. The minimum absolute atomic E-state index is 0.0790. The summed E-state index contributed by atoms with van der Waals surface area (Å²) in [4.78, 5) is 34.6. The number of unbranched alkanes of at least 4 members (excludes halogenated alkanes) is 1. The molecule has 3 atom stereocenters. The number of para-hydroxylation sites is 1. The summed E-state index contributed by atoms with van der Waals surface area (Å²) in [6, 6.07) is 13.1. The number of carbonyl (C=O) groups excluding carboxylic acids is 2. The van der Waals surface area contributed by atoms with Crippen LogP contribution in [0.25, 0.3) is 10.9 Å². The molecule has 0 saturated heterocycles. The van der Waals surface area contributed by atoms with Crippen LogP contribution in [0.15, 0.2) is 48.7 Å². The molecule has 2 amide bonds. The Kier molecular flexibility index (Phi) is 8.37. The van der Waals surface area contributed by atoms with E-state index in [0.29, 0.717) is 18.0 Å². The Hall–Kier alpha value is -2.83. The molecule has 0 saturated carbocycles. The Morgan fingerprint density at radius 3 is 2.75 bits per heavy atom. The second-order valence-corrected chi connectivity index (χ2v) is 10.7. The highest BCUT2D eigenvalue weighted by molar-refractivity contribution is 6.30. The third-order valence-electron chi connectivity index (χ3n) is 7.12. The fourth-order valence-electron chi connectivity index (χ4n) is 5.36. The monoisotopic (exact) mass is 508 g/mol. The number of nitrogens with one attached hydrogen (secondary N) is 2. The summed E-state index contributed by atoms with van der Waals surface area (Å²) in [5.74, 6) is -0.108. The molecular weight excluding hydrogens is 472 g/mol. The Morgan fingerprint density at radius 2 is 2.00 bits per heavy atom. The first-order chi connectivity index (χ1) is 17.3. The Labute approximate surface area is 219 Å². The van der Waals surface area contributed by atoms with Crippen LogP contribution in [-0.4, -0.2) is 54.9 Å². The largest absolute Gasteiger partial charge is 0.361 e. The van der Waals surface area contributed by atoms with Crippen LogP contribution in [-0.2, 0) is 16.0 Å². The fourth-order valence-corrected chi connectivity index (χ4v) is 5.56. The van der Waals surface area contributed by atoms with Crippen LogP contribution < -0.4 is 10.2 Å². The van der Waals surface area contributed by atoms with Crippen LogP contribution in [0.4, 0.5) is 5.69 Å².